The highest BCUT2D eigenvalue weighted by Crippen LogP contribution is 2.30. The number of halogens is 1. The number of hydrazine groups is 1. The fraction of sp³-hybridized carbons (Fsp3) is 0.111. The first kappa shape index (κ1) is 11.8. The van der Waals surface area contributed by atoms with Crippen LogP contribution >= 0.6 is 39.0 Å². The van der Waals surface area contributed by atoms with Crippen molar-refractivity contribution in [1.29, 1.82) is 0 Å². The van der Waals surface area contributed by atoms with Crippen molar-refractivity contribution in [3.63, 3.8) is 0 Å². The zero-order chi connectivity index (χ0) is 11.4. The molecule has 3 N–H and O–H groups in total. The Balaban J connectivity index is 1.99. The van der Waals surface area contributed by atoms with Gasteiger partial charge in [-0.25, -0.2) is 15.8 Å². The lowest BCUT2D eigenvalue weighted by molar-refractivity contribution is 1.11. The van der Waals surface area contributed by atoms with Gasteiger partial charge >= 0.3 is 0 Å². The summed E-state index contributed by atoms with van der Waals surface area (Å²) in [5.41, 5.74) is 2.53. The molecule has 0 aliphatic rings. The molecule has 0 aliphatic heterocycles. The second-order valence-electron chi connectivity index (χ2n) is 2.86. The van der Waals surface area contributed by atoms with Gasteiger partial charge in [0.2, 0.25) is 0 Å². The molecule has 0 fully saturated rings. The van der Waals surface area contributed by atoms with Crippen molar-refractivity contribution in [2.24, 2.45) is 5.84 Å². The van der Waals surface area contributed by atoms with Gasteiger partial charge in [-0.3, -0.25) is 5.43 Å². The van der Waals surface area contributed by atoms with Crippen LogP contribution in [-0.4, -0.2) is 9.97 Å². The van der Waals surface area contributed by atoms with Gasteiger partial charge in [0.15, 0.2) is 5.13 Å². The highest BCUT2D eigenvalue weighted by molar-refractivity contribution is 9.10. The Labute approximate surface area is 110 Å². The van der Waals surface area contributed by atoms with Crippen LogP contribution in [0.25, 0.3) is 0 Å². The predicted octanol–water partition coefficient (Wildman–Crippen LogP) is 2.88. The topological polar surface area (TPSA) is 63.8 Å². The number of nitrogens with two attached hydrogens (primary N) is 1. The minimum Gasteiger partial charge on any atom is -0.300 e. The summed E-state index contributed by atoms with van der Waals surface area (Å²) in [5, 5.41) is 1.72. The van der Waals surface area contributed by atoms with E-state index in [-0.39, 0.29) is 0 Å². The van der Waals surface area contributed by atoms with E-state index in [0.717, 1.165) is 25.3 Å². The maximum absolute atomic E-state index is 5.27. The van der Waals surface area contributed by atoms with E-state index in [4.69, 9.17) is 5.84 Å². The van der Waals surface area contributed by atoms with Gasteiger partial charge < -0.3 is 0 Å². The zero-order valence-electron chi connectivity index (χ0n) is 8.18. The van der Waals surface area contributed by atoms with Crippen LogP contribution in [0.2, 0.25) is 0 Å². The third-order valence-electron chi connectivity index (χ3n) is 1.75. The Morgan fingerprint density at radius 1 is 1.50 bits per heavy atom. The van der Waals surface area contributed by atoms with Crippen molar-refractivity contribution in [1.82, 2.24) is 9.97 Å². The van der Waals surface area contributed by atoms with E-state index in [9.17, 15) is 0 Å². The average molecular weight is 317 g/mol. The third-order valence-corrected chi connectivity index (χ3v) is 4.82. The van der Waals surface area contributed by atoms with E-state index in [0.29, 0.717) is 0 Å². The third kappa shape index (κ3) is 2.94. The molecule has 0 radical (unpaired) electrons. The second kappa shape index (κ2) is 5.62. The molecule has 0 atom stereocenters. The van der Waals surface area contributed by atoms with Crippen LogP contribution in [-0.2, 0) is 5.75 Å². The lowest BCUT2D eigenvalue weighted by atomic mass is 10.5. The van der Waals surface area contributed by atoms with Crippen molar-refractivity contribution in [3.05, 3.63) is 33.9 Å². The number of aromatic nitrogens is 2. The van der Waals surface area contributed by atoms with E-state index in [1.54, 1.807) is 29.3 Å². The maximum atomic E-state index is 5.27. The lowest BCUT2D eigenvalue weighted by Crippen LogP contribution is -2.05. The molecule has 0 bridgehead atoms. The van der Waals surface area contributed by atoms with E-state index in [1.165, 1.54) is 0 Å². The summed E-state index contributed by atoms with van der Waals surface area (Å²) in [7, 11) is 0. The Bertz CT molecular complexity index is 474. The average Bonchev–Trinajstić information content (AvgIpc) is 2.76. The standard InChI is InChI=1S/C9H9BrN4S2/c10-7-2-1-3-12-8(7)15-5-6-4-13-9(14-11)16-6/h1-4H,5,11H2,(H,13,14). The van der Waals surface area contributed by atoms with Gasteiger partial charge in [0.25, 0.3) is 0 Å². The van der Waals surface area contributed by atoms with Crippen molar-refractivity contribution in [2.75, 3.05) is 5.43 Å². The van der Waals surface area contributed by atoms with E-state index in [1.807, 2.05) is 18.3 Å². The Morgan fingerprint density at radius 2 is 2.38 bits per heavy atom. The summed E-state index contributed by atoms with van der Waals surface area (Å²) in [5.74, 6) is 6.11. The number of nitrogens with zero attached hydrogens (tertiary/aromatic N) is 2. The summed E-state index contributed by atoms with van der Waals surface area (Å²) in [6, 6.07) is 3.88. The Morgan fingerprint density at radius 3 is 3.06 bits per heavy atom. The number of thioether (sulfide) groups is 1. The molecule has 2 aromatic rings. The van der Waals surface area contributed by atoms with Crippen LogP contribution in [0, 0.1) is 0 Å². The number of hydrogen-bond donors (Lipinski definition) is 2. The maximum Gasteiger partial charge on any atom is 0.197 e. The SMILES string of the molecule is NNc1ncc(CSc2ncccc2Br)s1. The van der Waals surface area contributed by atoms with Crippen molar-refractivity contribution in [2.45, 2.75) is 10.8 Å². The number of hydrogen-bond acceptors (Lipinski definition) is 6. The van der Waals surface area contributed by atoms with E-state index >= 15 is 0 Å². The number of pyridine rings is 1. The lowest BCUT2D eigenvalue weighted by Gasteiger charge is -2.00. The normalized spacial score (nSPS) is 10.4. The van der Waals surface area contributed by atoms with Gasteiger partial charge in [-0.2, -0.15) is 0 Å². The monoisotopic (exact) mass is 316 g/mol. The van der Waals surface area contributed by atoms with Crippen molar-refractivity contribution in [3.8, 4) is 0 Å². The van der Waals surface area contributed by atoms with E-state index in [2.05, 4.69) is 31.3 Å². The molecule has 84 valence electrons. The highest BCUT2D eigenvalue weighted by Gasteiger charge is 2.04. The minimum absolute atomic E-state index is 0.732. The molecule has 2 aromatic heterocycles. The van der Waals surface area contributed by atoms with Crippen LogP contribution in [0.15, 0.2) is 34.0 Å². The second-order valence-corrected chi connectivity index (χ2v) is 5.79. The summed E-state index contributed by atoms with van der Waals surface area (Å²) in [6.45, 7) is 0. The first-order valence-electron chi connectivity index (χ1n) is 4.44. The molecule has 0 unspecified atom stereocenters. The van der Waals surface area contributed by atoms with Crippen LogP contribution in [0.4, 0.5) is 5.13 Å². The molecule has 0 spiro atoms. The Kier molecular flexibility index (Phi) is 4.16. The molecule has 7 heteroatoms. The molecular weight excluding hydrogens is 308 g/mol. The molecule has 0 aliphatic carbocycles. The van der Waals surface area contributed by atoms with Crippen LogP contribution < -0.4 is 11.3 Å². The molecule has 0 saturated carbocycles. The Hall–Kier alpha value is -0.630. The van der Waals surface area contributed by atoms with Gasteiger partial charge in [0.1, 0.15) is 5.03 Å². The predicted molar refractivity (Wildman–Crippen MR) is 71.4 cm³/mol. The molecule has 4 nitrogen and oxygen atoms in total. The van der Waals surface area contributed by atoms with Crippen LogP contribution in [0.1, 0.15) is 4.88 Å². The number of thiazole rings is 1. The van der Waals surface area contributed by atoms with Gasteiger partial charge in [-0.05, 0) is 28.1 Å². The van der Waals surface area contributed by atoms with Gasteiger partial charge in [-0.1, -0.05) is 11.8 Å². The zero-order valence-corrected chi connectivity index (χ0v) is 11.4. The van der Waals surface area contributed by atoms with Gasteiger partial charge in [0.05, 0.1) is 0 Å². The molecule has 0 aromatic carbocycles. The van der Waals surface area contributed by atoms with Crippen LogP contribution in [0.5, 0.6) is 0 Å². The van der Waals surface area contributed by atoms with Crippen molar-refractivity contribution < 1.29 is 0 Å². The van der Waals surface area contributed by atoms with Gasteiger partial charge in [0, 0.05) is 27.5 Å². The molecule has 0 amide bonds. The highest BCUT2D eigenvalue weighted by atomic mass is 79.9. The first-order chi connectivity index (χ1) is 7.79. The van der Waals surface area contributed by atoms with Crippen LogP contribution in [0.3, 0.4) is 0 Å². The fourth-order valence-electron chi connectivity index (χ4n) is 1.06. The quantitative estimate of drug-likeness (QED) is 0.516. The summed E-state index contributed by atoms with van der Waals surface area (Å²) in [4.78, 5) is 9.55. The molecule has 2 rings (SSSR count). The smallest absolute Gasteiger partial charge is 0.197 e. The number of nitrogens with one attached hydrogen (secondary N) is 1. The minimum atomic E-state index is 0.732. The number of nitrogen functional groups attached to an aromatic ring is 1. The number of rotatable bonds is 4. The molecule has 0 saturated heterocycles. The largest absolute Gasteiger partial charge is 0.300 e. The van der Waals surface area contributed by atoms with Gasteiger partial charge in [-0.15, -0.1) is 11.3 Å². The van der Waals surface area contributed by atoms with E-state index < -0.39 is 0 Å². The summed E-state index contributed by atoms with van der Waals surface area (Å²) in [6.07, 6.45) is 3.61. The first-order valence-corrected chi connectivity index (χ1v) is 7.03. The molecular formula is C9H9BrN4S2. The summed E-state index contributed by atoms with van der Waals surface area (Å²) >= 11 is 6.68. The number of anilines is 1. The molecule has 16 heavy (non-hydrogen) atoms. The fourth-order valence-corrected chi connectivity index (χ4v) is 3.28. The summed E-state index contributed by atoms with van der Waals surface area (Å²) < 4.78 is 1.02. The molecule has 2 heterocycles. The van der Waals surface area contributed by atoms with Crippen molar-refractivity contribution >= 4 is 44.2 Å².